The molecule has 1 aliphatic rings. The average Bonchev–Trinajstić information content (AvgIpc) is 2.26. The molecule has 0 aromatic carbocycles. The first-order chi connectivity index (χ1) is 7.56. The summed E-state index contributed by atoms with van der Waals surface area (Å²) in [7, 11) is 1.47. The summed E-state index contributed by atoms with van der Waals surface area (Å²) in [4.78, 5) is 11.1. The van der Waals surface area contributed by atoms with E-state index in [1.54, 1.807) is 13.0 Å². The van der Waals surface area contributed by atoms with Crippen molar-refractivity contribution >= 4 is 17.7 Å². The van der Waals surface area contributed by atoms with E-state index in [-0.39, 0.29) is 11.3 Å². The van der Waals surface area contributed by atoms with Crippen LogP contribution in [0.1, 0.15) is 6.92 Å². The standard InChI is InChI=1S/C11H16ClNO3/c1-7(14)10(16-11(15)13-2)8-5-3-4-6-9(8)12/h3-10,14H,1-2H3,(H,13,15)/t7-,8?,9?,10+/m0/s1. The molecule has 4 nitrogen and oxygen atoms in total. The van der Waals surface area contributed by atoms with Gasteiger partial charge in [0, 0.05) is 13.0 Å². The van der Waals surface area contributed by atoms with E-state index in [4.69, 9.17) is 16.3 Å². The summed E-state index contributed by atoms with van der Waals surface area (Å²) in [6.07, 6.45) is 5.28. The summed E-state index contributed by atoms with van der Waals surface area (Å²) in [5.41, 5.74) is 0. The minimum atomic E-state index is -0.778. The van der Waals surface area contributed by atoms with E-state index in [2.05, 4.69) is 5.32 Å². The molecule has 4 atom stereocenters. The highest BCUT2D eigenvalue weighted by molar-refractivity contribution is 6.22. The van der Waals surface area contributed by atoms with Crippen molar-refractivity contribution in [1.29, 1.82) is 0 Å². The summed E-state index contributed by atoms with van der Waals surface area (Å²) in [6.45, 7) is 1.57. The number of hydrogen-bond donors (Lipinski definition) is 2. The summed E-state index contributed by atoms with van der Waals surface area (Å²) in [5, 5.41) is 11.7. The Morgan fingerprint density at radius 1 is 1.50 bits per heavy atom. The largest absolute Gasteiger partial charge is 0.443 e. The Morgan fingerprint density at radius 3 is 2.62 bits per heavy atom. The van der Waals surface area contributed by atoms with Crippen molar-refractivity contribution in [1.82, 2.24) is 5.32 Å². The van der Waals surface area contributed by atoms with Crippen molar-refractivity contribution in [2.24, 2.45) is 5.92 Å². The Bertz CT molecular complexity index is 302. The predicted octanol–water partition coefficient (Wildman–Crippen LogP) is 1.44. The van der Waals surface area contributed by atoms with Crippen LogP contribution in [0.2, 0.25) is 0 Å². The summed E-state index contributed by atoms with van der Waals surface area (Å²) >= 11 is 6.09. The second kappa shape index (κ2) is 5.92. The van der Waals surface area contributed by atoms with Gasteiger partial charge in [-0.15, -0.1) is 11.6 Å². The lowest BCUT2D eigenvalue weighted by molar-refractivity contribution is -0.00852. The van der Waals surface area contributed by atoms with Gasteiger partial charge in [0.25, 0.3) is 0 Å². The average molecular weight is 246 g/mol. The van der Waals surface area contributed by atoms with Crippen LogP contribution in [0.25, 0.3) is 0 Å². The Morgan fingerprint density at radius 2 is 2.12 bits per heavy atom. The third kappa shape index (κ3) is 3.25. The fourth-order valence-corrected chi connectivity index (χ4v) is 1.88. The number of nitrogens with one attached hydrogen (secondary N) is 1. The third-order valence-electron chi connectivity index (χ3n) is 2.41. The van der Waals surface area contributed by atoms with Gasteiger partial charge in [-0.1, -0.05) is 24.3 Å². The Kier molecular flexibility index (Phi) is 4.83. The Labute approximate surface area is 99.9 Å². The van der Waals surface area contributed by atoms with E-state index in [0.717, 1.165) is 0 Å². The third-order valence-corrected chi connectivity index (χ3v) is 2.85. The Balaban J connectivity index is 2.73. The molecule has 1 amide bonds. The predicted molar refractivity (Wildman–Crippen MR) is 62.4 cm³/mol. The molecule has 90 valence electrons. The monoisotopic (exact) mass is 245 g/mol. The normalized spacial score (nSPS) is 27.2. The van der Waals surface area contributed by atoms with E-state index in [9.17, 15) is 9.90 Å². The van der Waals surface area contributed by atoms with E-state index in [1.165, 1.54) is 7.05 Å². The first kappa shape index (κ1) is 13.1. The van der Waals surface area contributed by atoms with Gasteiger partial charge in [-0.25, -0.2) is 4.79 Å². The number of hydrogen-bond acceptors (Lipinski definition) is 3. The lowest BCUT2D eigenvalue weighted by Crippen LogP contribution is -2.41. The maximum Gasteiger partial charge on any atom is 0.407 e. The van der Waals surface area contributed by atoms with Gasteiger partial charge in [-0.05, 0) is 6.92 Å². The number of halogens is 1. The topological polar surface area (TPSA) is 58.6 Å². The van der Waals surface area contributed by atoms with Crippen LogP contribution in [-0.4, -0.2) is 35.8 Å². The number of carbonyl (C=O) groups is 1. The lowest BCUT2D eigenvalue weighted by atomic mass is 9.91. The van der Waals surface area contributed by atoms with Crippen molar-refractivity contribution in [2.75, 3.05) is 7.05 Å². The van der Waals surface area contributed by atoms with Gasteiger partial charge >= 0.3 is 6.09 Å². The molecular weight excluding hydrogens is 230 g/mol. The van der Waals surface area contributed by atoms with Gasteiger partial charge in [0.15, 0.2) is 0 Å². The highest BCUT2D eigenvalue weighted by atomic mass is 35.5. The summed E-state index contributed by atoms with van der Waals surface area (Å²) in [5.74, 6) is -0.219. The molecule has 0 aromatic rings. The molecule has 0 bridgehead atoms. The minimum Gasteiger partial charge on any atom is -0.443 e. The number of carbonyl (C=O) groups excluding carboxylic acids is 1. The zero-order valence-corrected chi connectivity index (χ0v) is 10.0. The highest BCUT2D eigenvalue weighted by Crippen LogP contribution is 2.25. The maximum absolute atomic E-state index is 11.1. The number of allylic oxidation sites excluding steroid dienone is 3. The van der Waals surface area contributed by atoms with Gasteiger partial charge in [0.1, 0.15) is 6.10 Å². The SMILES string of the molecule is CNC(=O)O[C@@H](C1C=CC=CC1Cl)[C@H](C)O. The van der Waals surface area contributed by atoms with Gasteiger partial charge in [-0.2, -0.15) is 0 Å². The van der Waals surface area contributed by atoms with Crippen LogP contribution in [0.15, 0.2) is 24.3 Å². The molecule has 0 saturated carbocycles. The zero-order chi connectivity index (χ0) is 12.1. The minimum absolute atomic E-state index is 0.219. The molecule has 0 fully saturated rings. The molecule has 0 spiro atoms. The molecule has 0 heterocycles. The fraction of sp³-hybridized carbons (Fsp3) is 0.545. The van der Waals surface area contributed by atoms with Gasteiger partial charge in [0.05, 0.1) is 11.5 Å². The smallest absolute Gasteiger partial charge is 0.407 e. The van der Waals surface area contributed by atoms with Crippen molar-refractivity contribution < 1.29 is 14.6 Å². The molecule has 2 N–H and O–H groups in total. The molecule has 1 rings (SSSR count). The highest BCUT2D eigenvalue weighted by Gasteiger charge is 2.32. The zero-order valence-electron chi connectivity index (χ0n) is 9.26. The second-order valence-electron chi connectivity index (χ2n) is 3.65. The molecular formula is C11H16ClNO3. The van der Waals surface area contributed by atoms with E-state index in [1.807, 2.05) is 18.2 Å². The van der Waals surface area contributed by atoms with E-state index in [0.29, 0.717) is 0 Å². The molecule has 0 saturated heterocycles. The van der Waals surface area contributed by atoms with Gasteiger partial charge < -0.3 is 15.2 Å². The maximum atomic E-state index is 11.1. The first-order valence-corrected chi connectivity index (χ1v) is 5.55. The van der Waals surface area contributed by atoms with Gasteiger partial charge in [0.2, 0.25) is 0 Å². The molecule has 1 aliphatic carbocycles. The number of ether oxygens (including phenoxy) is 1. The van der Waals surface area contributed by atoms with Crippen LogP contribution in [0.5, 0.6) is 0 Å². The van der Waals surface area contributed by atoms with Crippen molar-refractivity contribution in [3.05, 3.63) is 24.3 Å². The Hall–Kier alpha value is -1.00. The molecule has 5 heteroatoms. The van der Waals surface area contributed by atoms with Crippen molar-refractivity contribution in [3.63, 3.8) is 0 Å². The van der Waals surface area contributed by atoms with Crippen LogP contribution < -0.4 is 5.32 Å². The molecule has 16 heavy (non-hydrogen) atoms. The summed E-state index contributed by atoms with van der Waals surface area (Å²) in [6, 6.07) is 0. The number of aliphatic hydroxyl groups excluding tert-OH is 1. The molecule has 0 aromatic heterocycles. The first-order valence-electron chi connectivity index (χ1n) is 5.11. The van der Waals surface area contributed by atoms with E-state index >= 15 is 0 Å². The summed E-state index contributed by atoms with van der Waals surface area (Å²) < 4.78 is 5.10. The number of aliphatic hydroxyl groups is 1. The van der Waals surface area contributed by atoms with E-state index < -0.39 is 18.3 Å². The van der Waals surface area contributed by atoms with Crippen molar-refractivity contribution in [2.45, 2.75) is 24.5 Å². The number of amides is 1. The number of rotatable bonds is 3. The fourth-order valence-electron chi connectivity index (χ4n) is 1.57. The van der Waals surface area contributed by atoms with Crippen LogP contribution in [0, 0.1) is 5.92 Å². The van der Waals surface area contributed by atoms with Crippen molar-refractivity contribution in [3.8, 4) is 0 Å². The molecule has 0 aliphatic heterocycles. The number of alkyl halides is 1. The second-order valence-corrected chi connectivity index (χ2v) is 4.16. The molecule has 0 radical (unpaired) electrons. The van der Waals surface area contributed by atoms with Crippen LogP contribution in [0.4, 0.5) is 4.79 Å². The lowest BCUT2D eigenvalue weighted by Gasteiger charge is -2.29. The van der Waals surface area contributed by atoms with Crippen LogP contribution >= 0.6 is 11.6 Å². The van der Waals surface area contributed by atoms with Crippen LogP contribution in [-0.2, 0) is 4.74 Å². The number of alkyl carbamates (subject to hydrolysis) is 1. The van der Waals surface area contributed by atoms with Gasteiger partial charge in [-0.3, -0.25) is 0 Å². The quantitative estimate of drug-likeness (QED) is 0.740. The van der Waals surface area contributed by atoms with Crippen LogP contribution in [0.3, 0.4) is 0 Å². The molecule has 2 unspecified atom stereocenters.